The summed E-state index contributed by atoms with van der Waals surface area (Å²) in [5.74, 6) is 0.688. The Kier molecular flexibility index (Phi) is 5.38. The summed E-state index contributed by atoms with van der Waals surface area (Å²) in [4.78, 5) is 10.7. The molecule has 0 fully saturated rings. The third-order valence-electron chi connectivity index (χ3n) is 2.67. The zero-order valence-electron chi connectivity index (χ0n) is 11.8. The predicted molar refractivity (Wildman–Crippen MR) is 77.4 cm³/mol. The highest BCUT2D eigenvalue weighted by molar-refractivity contribution is 7.90. The summed E-state index contributed by atoms with van der Waals surface area (Å²) in [6.07, 6.45) is 0.498. The Bertz CT molecular complexity index is 572. The number of nitrogens with one attached hydrogen (secondary N) is 1. The van der Waals surface area contributed by atoms with Crippen molar-refractivity contribution in [1.82, 2.24) is 0 Å². The Labute approximate surface area is 118 Å². The van der Waals surface area contributed by atoms with E-state index in [0.717, 1.165) is 11.1 Å². The number of anilines is 1. The molecule has 0 saturated heterocycles. The van der Waals surface area contributed by atoms with Crippen molar-refractivity contribution >= 4 is 21.6 Å². The lowest BCUT2D eigenvalue weighted by molar-refractivity contribution is 0.209. The van der Waals surface area contributed by atoms with Crippen molar-refractivity contribution < 1.29 is 23.1 Å². The highest BCUT2D eigenvalue weighted by Crippen LogP contribution is 2.26. The lowest BCUT2D eigenvalue weighted by Gasteiger charge is -2.13. The molecule has 2 N–H and O–H groups in total. The average molecular weight is 301 g/mol. The molecule has 0 radical (unpaired) electrons. The van der Waals surface area contributed by atoms with Crippen molar-refractivity contribution in [1.29, 1.82) is 0 Å². The summed E-state index contributed by atoms with van der Waals surface area (Å²) in [7, 11) is -2.97. The van der Waals surface area contributed by atoms with Crippen LogP contribution in [0.2, 0.25) is 0 Å². The van der Waals surface area contributed by atoms with Crippen LogP contribution in [0.15, 0.2) is 12.1 Å². The molecule has 0 aliphatic carbocycles. The first-order chi connectivity index (χ1) is 9.19. The number of hydrogen-bond donors (Lipinski definition) is 2. The van der Waals surface area contributed by atoms with Crippen LogP contribution in [-0.4, -0.2) is 38.2 Å². The van der Waals surface area contributed by atoms with Gasteiger partial charge in [0.05, 0.1) is 18.0 Å². The molecule has 1 rings (SSSR count). The number of benzene rings is 1. The molecule has 112 valence electrons. The summed E-state index contributed by atoms with van der Waals surface area (Å²) in [5.41, 5.74) is 2.05. The van der Waals surface area contributed by atoms with Crippen LogP contribution in [0.25, 0.3) is 0 Å². The van der Waals surface area contributed by atoms with Crippen LogP contribution in [0.1, 0.15) is 17.5 Å². The number of amides is 1. The number of carbonyl (C=O) groups is 1. The second kappa shape index (κ2) is 6.60. The minimum absolute atomic E-state index is 0.0869. The van der Waals surface area contributed by atoms with Gasteiger partial charge >= 0.3 is 6.09 Å². The van der Waals surface area contributed by atoms with Crippen molar-refractivity contribution in [3.8, 4) is 5.75 Å². The van der Waals surface area contributed by atoms with E-state index in [1.54, 1.807) is 26.0 Å². The minimum Gasteiger partial charge on any atom is -0.494 e. The molecule has 0 saturated carbocycles. The summed E-state index contributed by atoms with van der Waals surface area (Å²) in [6, 6.07) is 3.44. The number of aryl methyl sites for hydroxylation is 2. The second-order valence-electron chi connectivity index (χ2n) is 4.69. The van der Waals surface area contributed by atoms with E-state index < -0.39 is 15.9 Å². The molecule has 6 nitrogen and oxygen atoms in total. The molecule has 1 aromatic rings. The normalized spacial score (nSPS) is 11.2. The van der Waals surface area contributed by atoms with Crippen molar-refractivity contribution in [2.45, 2.75) is 20.3 Å². The molecule has 0 aliphatic rings. The highest BCUT2D eigenvalue weighted by Gasteiger charge is 2.09. The third-order valence-corrected chi connectivity index (χ3v) is 3.70. The van der Waals surface area contributed by atoms with Crippen LogP contribution in [0.3, 0.4) is 0 Å². The number of carboxylic acid groups (broad SMARTS) is 1. The van der Waals surface area contributed by atoms with Crippen molar-refractivity contribution in [3.63, 3.8) is 0 Å². The molecule has 0 heterocycles. The van der Waals surface area contributed by atoms with Crippen molar-refractivity contribution in [2.24, 2.45) is 0 Å². The van der Waals surface area contributed by atoms with E-state index in [1.807, 2.05) is 0 Å². The predicted octanol–water partition coefficient (Wildman–Crippen LogP) is 2.21. The van der Waals surface area contributed by atoms with Crippen LogP contribution in [0.4, 0.5) is 10.5 Å². The van der Waals surface area contributed by atoms with E-state index in [4.69, 9.17) is 9.84 Å². The standard InChI is InChI=1S/C13H19NO5S/c1-9-7-11(19-5-4-6-20(3,17)18)8-10(2)12(9)14-13(15)16/h7-8,14H,4-6H2,1-3H3,(H,15,16). The van der Waals surface area contributed by atoms with Gasteiger partial charge in [-0.3, -0.25) is 5.32 Å². The Morgan fingerprint density at radius 3 is 2.30 bits per heavy atom. The van der Waals surface area contributed by atoms with Gasteiger partial charge in [0.15, 0.2) is 0 Å². The minimum atomic E-state index is -2.97. The van der Waals surface area contributed by atoms with Gasteiger partial charge in [0.1, 0.15) is 15.6 Å². The summed E-state index contributed by atoms with van der Waals surface area (Å²) in [6.45, 7) is 3.86. The summed E-state index contributed by atoms with van der Waals surface area (Å²) in [5, 5.41) is 11.1. The SMILES string of the molecule is Cc1cc(OCCCS(C)(=O)=O)cc(C)c1NC(=O)O. The second-order valence-corrected chi connectivity index (χ2v) is 6.95. The highest BCUT2D eigenvalue weighted by atomic mass is 32.2. The first-order valence-corrected chi connectivity index (χ1v) is 8.17. The lowest BCUT2D eigenvalue weighted by atomic mass is 10.1. The van der Waals surface area contributed by atoms with E-state index in [-0.39, 0.29) is 5.75 Å². The molecule has 0 aromatic heterocycles. The van der Waals surface area contributed by atoms with Gasteiger partial charge in [0, 0.05) is 6.26 Å². The lowest BCUT2D eigenvalue weighted by Crippen LogP contribution is -2.11. The molecule has 0 atom stereocenters. The maximum atomic E-state index is 11.0. The fourth-order valence-corrected chi connectivity index (χ4v) is 2.46. The molecule has 7 heteroatoms. The molecular weight excluding hydrogens is 282 g/mol. The number of sulfone groups is 1. The van der Waals surface area contributed by atoms with Crippen LogP contribution < -0.4 is 10.1 Å². The quantitative estimate of drug-likeness (QED) is 0.786. The largest absolute Gasteiger partial charge is 0.494 e. The Hall–Kier alpha value is -1.76. The Morgan fingerprint density at radius 2 is 1.85 bits per heavy atom. The maximum absolute atomic E-state index is 11.0. The van der Waals surface area contributed by atoms with E-state index in [1.165, 1.54) is 6.26 Å². The number of ether oxygens (including phenoxy) is 1. The van der Waals surface area contributed by atoms with Gasteiger partial charge in [-0.1, -0.05) is 0 Å². The fraction of sp³-hybridized carbons (Fsp3) is 0.462. The van der Waals surface area contributed by atoms with Gasteiger partial charge in [0.25, 0.3) is 0 Å². The fourth-order valence-electron chi connectivity index (χ4n) is 1.82. The Balaban J connectivity index is 2.67. The van der Waals surface area contributed by atoms with Gasteiger partial charge in [-0.05, 0) is 43.5 Å². The Morgan fingerprint density at radius 1 is 1.30 bits per heavy atom. The molecule has 0 unspecified atom stereocenters. The molecule has 1 aromatic carbocycles. The molecule has 0 aliphatic heterocycles. The van der Waals surface area contributed by atoms with Gasteiger partial charge < -0.3 is 9.84 Å². The van der Waals surface area contributed by atoms with E-state index in [2.05, 4.69) is 5.32 Å². The van der Waals surface area contributed by atoms with Crippen LogP contribution in [-0.2, 0) is 9.84 Å². The van der Waals surface area contributed by atoms with E-state index in [9.17, 15) is 13.2 Å². The van der Waals surface area contributed by atoms with Crippen LogP contribution >= 0.6 is 0 Å². The molecule has 0 spiro atoms. The average Bonchev–Trinajstić information content (AvgIpc) is 2.28. The zero-order valence-corrected chi connectivity index (χ0v) is 12.6. The molecule has 1 amide bonds. The van der Waals surface area contributed by atoms with Crippen LogP contribution in [0.5, 0.6) is 5.75 Å². The first kappa shape index (κ1) is 16.3. The van der Waals surface area contributed by atoms with Crippen molar-refractivity contribution in [3.05, 3.63) is 23.3 Å². The topological polar surface area (TPSA) is 92.7 Å². The zero-order chi connectivity index (χ0) is 15.3. The molecule has 0 bridgehead atoms. The summed E-state index contributed by atoms with van der Waals surface area (Å²) >= 11 is 0. The van der Waals surface area contributed by atoms with E-state index in [0.29, 0.717) is 24.5 Å². The van der Waals surface area contributed by atoms with Crippen molar-refractivity contribution in [2.75, 3.05) is 23.9 Å². The maximum Gasteiger partial charge on any atom is 0.409 e. The van der Waals surface area contributed by atoms with E-state index >= 15 is 0 Å². The first-order valence-electron chi connectivity index (χ1n) is 6.11. The van der Waals surface area contributed by atoms with Crippen LogP contribution in [0, 0.1) is 13.8 Å². The third kappa shape index (κ3) is 5.48. The van der Waals surface area contributed by atoms with Gasteiger partial charge in [-0.15, -0.1) is 0 Å². The smallest absolute Gasteiger partial charge is 0.409 e. The monoisotopic (exact) mass is 301 g/mol. The summed E-state index contributed by atoms with van der Waals surface area (Å²) < 4.78 is 27.4. The van der Waals surface area contributed by atoms with Gasteiger partial charge in [0.2, 0.25) is 0 Å². The van der Waals surface area contributed by atoms with Gasteiger partial charge in [-0.2, -0.15) is 0 Å². The number of hydrogen-bond acceptors (Lipinski definition) is 4. The molecule has 20 heavy (non-hydrogen) atoms. The number of rotatable bonds is 6. The van der Waals surface area contributed by atoms with Gasteiger partial charge in [-0.25, -0.2) is 13.2 Å². The molecular formula is C13H19NO5S.